The van der Waals surface area contributed by atoms with Gasteiger partial charge in [0.25, 0.3) is 0 Å². The SMILES string of the molecule is O=c1[nH]c(Nc2ccccc2)co1. The molecule has 4 nitrogen and oxygen atoms in total. The van der Waals surface area contributed by atoms with Gasteiger partial charge in [0.15, 0.2) is 0 Å². The van der Waals surface area contributed by atoms with Gasteiger partial charge in [0.2, 0.25) is 0 Å². The maximum absolute atomic E-state index is 10.6. The van der Waals surface area contributed by atoms with Crippen LogP contribution in [-0.4, -0.2) is 4.98 Å². The lowest BCUT2D eigenvalue weighted by molar-refractivity contribution is 0.515. The second kappa shape index (κ2) is 3.18. The van der Waals surface area contributed by atoms with Gasteiger partial charge in [-0.3, -0.25) is 4.98 Å². The molecule has 0 aliphatic carbocycles. The van der Waals surface area contributed by atoms with E-state index in [0.717, 1.165) is 5.69 Å². The molecule has 4 heteroatoms. The van der Waals surface area contributed by atoms with Gasteiger partial charge in [0.1, 0.15) is 12.1 Å². The van der Waals surface area contributed by atoms with Crippen LogP contribution in [0.5, 0.6) is 0 Å². The van der Waals surface area contributed by atoms with Crippen LogP contribution in [-0.2, 0) is 0 Å². The molecular formula is C9H8N2O2. The molecule has 0 bridgehead atoms. The first kappa shape index (κ1) is 7.67. The molecule has 2 rings (SSSR count). The Kier molecular flexibility index (Phi) is 1.88. The number of anilines is 2. The summed E-state index contributed by atoms with van der Waals surface area (Å²) in [6, 6.07) is 9.51. The van der Waals surface area contributed by atoms with E-state index in [1.54, 1.807) is 0 Å². The third-order valence-corrected chi connectivity index (χ3v) is 1.57. The van der Waals surface area contributed by atoms with Crippen molar-refractivity contribution >= 4 is 11.5 Å². The first-order chi connectivity index (χ1) is 6.34. The lowest BCUT2D eigenvalue weighted by Crippen LogP contribution is -1.97. The maximum atomic E-state index is 10.6. The van der Waals surface area contributed by atoms with E-state index in [1.807, 2.05) is 30.3 Å². The van der Waals surface area contributed by atoms with Gasteiger partial charge in [0.05, 0.1) is 0 Å². The Bertz CT molecular complexity index is 430. The number of benzene rings is 1. The monoisotopic (exact) mass is 176 g/mol. The second-order valence-electron chi connectivity index (χ2n) is 2.55. The molecule has 66 valence electrons. The lowest BCUT2D eigenvalue weighted by atomic mass is 10.3. The van der Waals surface area contributed by atoms with Crippen molar-refractivity contribution in [2.75, 3.05) is 5.32 Å². The Balaban J connectivity index is 2.20. The minimum Gasteiger partial charge on any atom is -0.414 e. The smallest absolute Gasteiger partial charge is 0.414 e. The summed E-state index contributed by atoms with van der Waals surface area (Å²) in [6.07, 6.45) is 1.34. The molecule has 0 saturated heterocycles. The van der Waals surface area contributed by atoms with Crippen LogP contribution in [0.4, 0.5) is 11.5 Å². The fourth-order valence-electron chi connectivity index (χ4n) is 1.02. The number of rotatable bonds is 2. The van der Waals surface area contributed by atoms with Gasteiger partial charge in [0, 0.05) is 5.69 Å². The molecule has 0 spiro atoms. The number of aromatic nitrogens is 1. The molecule has 0 unspecified atom stereocenters. The minimum absolute atomic E-state index is 0.460. The van der Waals surface area contributed by atoms with Crippen molar-refractivity contribution in [1.82, 2.24) is 4.98 Å². The predicted octanol–water partition coefficient (Wildman–Crippen LogP) is 1.71. The minimum atomic E-state index is -0.460. The standard InChI is InChI=1S/C9H8N2O2/c12-9-11-8(6-13-9)10-7-4-2-1-3-5-7/h1-6,10H,(H,11,12). The fourth-order valence-corrected chi connectivity index (χ4v) is 1.02. The average Bonchev–Trinajstić information content (AvgIpc) is 2.53. The van der Waals surface area contributed by atoms with E-state index in [0.29, 0.717) is 5.82 Å². The Morgan fingerprint density at radius 3 is 2.62 bits per heavy atom. The van der Waals surface area contributed by atoms with Crippen LogP contribution in [0, 0.1) is 0 Å². The van der Waals surface area contributed by atoms with Crippen molar-refractivity contribution in [2.45, 2.75) is 0 Å². The van der Waals surface area contributed by atoms with Crippen LogP contribution in [0.1, 0.15) is 0 Å². The molecule has 1 aromatic carbocycles. The van der Waals surface area contributed by atoms with E-state index < -0.39 is 5.76 Å². The predicted molar refractivity (Wildman–Crippen MR) is 49.1 cm³/mol. The van der Waals surface area contributed by atoms with Gasteiger partial charge in [-0.25, -0.2) is 4.79 Å². The molecule has 0 saturated carbocycles. The normalized spacial score (nSPS) is 9.85. The summed E-state index contributed by atoms with van der Waals surface area (Å²) in [5.74, 6) is 0.0923. The van der Waals surface area contributed by atoms with Gasteiger partial charge in [-0.15, -0.1) is 0 Å². The van der Waals surface area contributed by atoms with Gasteiger partial charge < -0.3 is 9.73 Å². The van der Waals surface area contributed by atoms with E-state index in [9.17, 15) is 4.79 Å². The summed E-state index contributed by atoms with van der Waals surface area (Å²) in [5, 5.41) is 2.98. The largest absolute Gasteiger partial charge is 0.417 e. The Labute approximate surface area is 74.2 Å². The molecule has 2 N–H and O–H groups in total. The van der Waals surface area contributed by atoms with Crippen LogP contribution < -0.4 is 11.1 Å². The van der Waals surface area contributed by atoms with Gasteiger partial charge in [-0.05, 0) is 12.1 Å². The molecule has 0 aliphatic heterocycles. The number of aromatic amines is 1. The summed E-state index contributed by atoms with van der Waals surface area (Å²) in [5.41, 5.74) is 0.902. The summed E-state index contributed by atoms with van der Waals surface area (Å²) in [4.78, 5) is 13.1. The summed E-state index contributed by atoms with van der Waals surface area (Å²) in [6.45, 7) is 0. The summed E-state index contributed by atoms with van der Waals surface area (Å²) in [7, 11) is 0. The van der Waals surface area contributed by atoms with Crippen LogP contribution >= 0.6 is 0 Å². The topological polar surface area (TPSA) is 58.0 Å². The molecule has 0 radical (unpaired) electrons. The first-order valence-corrected chi connectivity index (χ1v) is 3.84. The lowest BCUT2D eigenvalue weighted by Gasteiger charge is -1.99. The number of hydrogen-bond acceptors (Lipinski definition) is 3. The highest BCUT2D eigenvalue weighted by molar-refractivity contribution is 5.54. The van der Waals surface area contributed by atoms with E-state index in [1.165, 1.54) is 6.26 Å². The van der Waals surface area contributed by atoms with Crippen molar-refractivity contribution in [3.63, 3.8) is 0 Å². The zero-order valence-corrected chi connectivity index (χ0v) is 6.78. The van der Waals surface area contributed by atoms with Crippen molar-refractivity contribution in [1.29, 1.82) is 0 Å². The zero-order chi connectivity index (χ0) is 9.10. The molecule has 1 heterocycles. The van der Waals surface area contributed by atoms with Gasteiger partial charge in [-0.2, -0.15) is 0 Å². The molecule has 0 fully saturated rings. The molecule has 0 atom stereocenters. The van der Waals surface area contributed by atoms with E-state index in [-0.39, 0.29) is 0 Å². The molecule has 13 heavy (non-hydrogen) atoms. The molecule has 0 amide bonds. The van der Waals surface area contributed by atoms with Crippen molar-refractivity contribution in [3.8, 4) is 0 Å². The quantitative estimate of drug-likeness (QED) is 0.732. The van der Waals surface area contributed by atoms with Gasteiger partial charge >= 0.3 is 5.76 Å². The van der Waals surface area contributed by atoms with E-state index >= 15 is 0 Å². The Morgan fingerprint density at radius 2 is 2.00 bits per heavy atom. The number of para-hydroxylation sites is 1. The summed E-state index contributed by atoms with van der Waals surface area (Å²) < 4.78 is 4.56. The van der Waals surface area contributed by atoms with E-state index in [2.05, 4.69) is 14.7 Å². The highest BCUT2D eigenvalue weighted by Crippen LogP contribution is 2.11. The van der Waals surface area contributed by atoms with Crippen LogP contribution in [0.2, 0.25) is 0 Å². The fraction of sp³-hybridized carbons (Fsp3) is 0. The van der Waals surface area contributed by atoms with Crippen LogP contribution in [0.25, 0.3) is 0 Å². The van der Waals surface area contributed by atoms with Crippen LogP contribution in [0.3, 0.4) is 0 Å². The third kappa shape index (κ3) is 1.79. The highest BCUT2D eigenvalue weighted by Gasteiger charge is 1.96. The number of nitrogens with one attached hydrogen (secondary N) is 2. The Hall–Kier alpha value is -1.97. The van der Waals surface area contributed by atoms with Crippen molar-refractivity contribution in [2.24, 2.45) is 0 Å². The number of H-pyrrole nitrogens is 1. The van der Waals surface area contributed by atoms with Crippen LogP contribution in [0.15, 0.2) is 45.8 Å². The molecular weight excluding hydrogens is 168 g/mol. The van der Waals surface area contributed by atoms with Gasteiger partial charge in [-0.1, -0.05) is 18.2 Å². The molecule has 2 aromatic rings. The third-order valence-electron chi connectivity index (χ3n) is 1.57. The highest BCUT2D eigenvalue weighted by atomic mass is 16.4. The van der Waals surface area contributed by atoms with E-state index in [4.69, 9.17) is 0 Å². The zero-order valence-electron chi connectivity index (χ0n) is 6.78. The maximum Gasteiger partial charge on any atom is 0.417 e. The number of hydrogen-bond donors (Lipinski definition) is 2. The molecule has 1 aromatic heterocycles. The second-order valence-corrected chi connectivity index (χ2v) is 2.55. The van der Waals surface area contributed by atoms with Crippen molar-refractivity contribution in [3.05, 3.63) is 47.1 Å². The summed E-state index contributed by atoms with van der Waals surface area (Å²) >= 11 is 0. The Morgan fingerprint density at radius 1 is 1.23 bits per heavy atom. The first-order valence-electron chi connectivity index (χ1n) is 3.84. The number of oxazole rings is 1. The molecule has 0 aliphatic rings. The average molecular weight is 176 g/mol. The van der Waals surface area contributed by atoms with Crippen molar-refractivity contribution < 1.29 is 4.42 Å².